The van der Waals surface area contributed by atoms with Gasteiger partial charge in [0.2, 0.25) is 0 Å². The molecule has 0 amide bonds. The van der Waals surface area contributed by atoms with Crippen molar-refractivity contribution in [2.45, 2.75) is 26.0 Å². The molecular formula is C12H17NO2. The summed E-state index contributed by atoms with van der Waals surface area (Å²) in [6.07, 6.45) is 0.163. The molecule has 3 heteroatoms. The third kappa shape index (κ3) is 1.67. The summed E-state index contributed by atoms with van der Waals surface area (Å²) in [5.41, 5.74) is 1.20. The highest BCUT2D eigenvalue weighted by molar-refractivity contribution is 5.51. The van der Waals surface area contributed by atoms with Crippen molar-refractivity contribution in [3.05, 3.63) is 23.8 Å². The molecule has 0 saturated heterocycles. The Morgan fingerprint density at radius 3 is 2.93 bits per heavy atom. The van der Waals surface area contributed by atoms with Crippen molar-refractivity contribution in [1.29, 1.82) is 0 Å². The molecule has 0 bridgehead atoms. The molecule has 0 aliphatic carbocycles. The van der Waals surface area contributed by atoms with Gasteiger partial charge in [-0.3, -0.25) is 0 Å². The van der Waals surface area contributed by atoms with E-state index in [1.54, 1.807) is 7.11 Å². The topological polar surface area (TPSA) is 30.5 Å². The van der Waals surface area contributed by atoms with Crippen molar-refractivity contribution in [1.82, 2.24) is 5.32 Å². The third-order valence-electron chi connectivity index (χ3n) is 2.76. The monoisotopic (exact) mass is 207 g/mol. The molecule has 3 nitrogen and oxygen atoms in total. The number of methoxy groups -OCH3 is 1. The van der Waals surface area contributed by atoms with E-state index in [4.69, 9.17) is 9.47 Å². The maximum Gasteiger partial charge on any atom is 0.166 e. The number of hydrogen-bond donors (Lipinski definition) is 1. The lowest BCUT2D eigenvalue weighted by molar-refractivity contribution is 0.204. The fourth-order valence-corrected chi connectivity index (χ4v) is 2.07. The van der Waals surface area contributed by atoms with Crippen LogP contribution in [0.25, 0.3) is 0 Å². The number of hydrogen-bond acceptors (Lipinski definition) is 3. The average Bonchev–Trinajstić information content (AvgIpc) is 2.56. The maximum absolute atomic E-state index is 5.81. The highest BCUT2D eigenvalue weighted by atomic mass is 16.5. The molecule has 1 aliphatic rings. The minimum absolute atomic E-state index is 0.163. The fourth-order valence-electron chi connectivity index (χ4n) is 2.07. The van der Waals surface area contributed by atoms with E-state index in [9.17, 15) is 0 Å². The Labute approximate surface area is 90.4 Å². The SMILES string of the molecule is CCNC1c2cccc(OC)c2OC1C. The van der Waals surface area contributed by atoms with Crippen molar-refractivity contribution < 1.29 is 9.47 Å². The van der Waals surface area contributed by atoms with E-state index in [1.807, 2.05) is 12.1 Å². The first-order valence-corrected chi connectivity index (χ1v) is 5.34. The van der Waals surface area contributed by atoms with E-state index in [0.717, 1.165) is 18.0 Å². The van der Waals surface area contributed by atoms with Crippen LogP contribution in [0.4, 0.5) is 0 Å². The molecule has 0 fully saturated rings. The van der Waals surface area contributed by atoms with Gasteiger partial charge in [-0.1, -0.05) is 19.1 Å². The zero-order valence-corrected chi connectivity index (χ0v) is 9.41. The molecule has 2 unspecified atom stereocenters. The highest BCUT2D eigenvalue weighted by Gasteiger charge is 2.32. The zero-order chi connectivity index (χ0) is 10.8. The van der Waals surface area contributed by atoms with E-state index < -0.39 is 0 Å². The van der Waals surface area contributed by atoms with E-state index >= 15 is 0 Å². The van der Waals surface area contributed by atoms with Crippen LogP contribution in [0.5, 0.6) is 11.5 Å². The van der Waals surface area contributed by atoms with Gasteiger partial charge in [0, 0.05) is 5.56 Å². The van der Waals surface area contributed by atoms with E-state index in [-0.39, 0.29) is 12.1 Å². The first kappa shape index (κ1) is 10.3. The van der Waals surface area contributed by atoms with E-state index in [2.05, 4.69) is 25.2 Å². The van der Waals surface area contributed by atoms with Crippen LogP contribution in [0, 0.1) is 0 Å². The van der Waals surface area contributed by atoms with Crippen LogP contribution in [-0.2, 0) is 0 Å². The molecule has 1 N–H and O–H groups in total. The Morgan fingerprint density at radius 1 is 1.47 bits per heavy atom. The van der Waals surface area contributed by atoms with Gasteiger partial charge in [0.15, 0.2) is 11.5 Å². The van der Waals surface area contributed by atoms with Crippen LogP contribution in [0.3, 0.4) is 0 Å². The molecular weight excluding hydrogens is 190 g/mol. The molecule has 1 heterocycles. The minimum atomic E-state index is 0.163. The van der Waals surface area contributed by atoms with Crippen molar-refractivity contribution in [2.24, 2.45) is 0 Å². The van der Waals surface area contributed by atoms with Gasteiger partial charge in [0.25, 0.3) is 0 Å². The molecule has 0 saturated carbocycles. The number of para-hydroxylation sites is 1. The molecule has 0 radical (unpaired) electrons. The van der Waals surface area contributed by atoms with Gasteiger partial charge >= 0.3 is 0 Å². The molecule has 2 rings (SSSR count). The standard InChI is InChI=1S/C12H17NO2/c1-4-13-11-8(2)15-12-9(11)6-5-7-10(12)14-3/h5-8,11,13H,4H2,1-3H3. The van der Waals surface area contributed by atoms with E-state index in [0.29, 0.717) is 0 Å². The first-order chi connectivity index (χ1) is 7.27. The Morgan fingerprint density at radius 2 is 2.27 bits per heavy atom. The molecule has 15 heavy (non-hydrogen) atoms. The lowest BCUT2D eigenvalue weighted by Gasteiger charge is -2.14. The van der Waals surface area contributed by atoms with Gasteiger partial charge in [-0.2, -0.15) is 0 Å². The van der Waals surface area contributed by atoms with Crippen molar-refractivity contribution in [2.75, 3.05) is 13.7 Å². The second kappa shape index (κ2) is 4.11. The van der Waals surface area contributed by atoms with Gasteiger partial charge in [-0.25, -0.2) is 0 Å². The van der Waals surface area contributed by atoms with Gasteiger partial charge in [-0.05, 0) is 19.5 Å². The van der Waals surface area contributed by atoms with Crippen LogP contribution in [0.15, 0.2) is 18.2 Å². The number of rotatable bonds is 3. The molecule has 0 aromatic heterocycles. The predicted molar refractivity (Wildman–Crippen MR) is 59.5 cm³/mol. The number of nitrogens with one attached hydrogen (secondary N) is 1. The summed E-state index contributed by atoms with van der Waals surface area (Å²) in [5, 5.41) is 3.42. The summed E-state index contributed by atoms with van der Waals surface area (Å²) in [6, 6.07) is 6.30. The Kier molecular flexibility index (Phi) is 2.82. The highest BCUT2D eigenvalue weighted by Crippen LogP contribution is 2.42. The average molecular weight is 207 g/mol. The number of benzene rings is 1. The normalized spacial score (nSPS) is 23.4. The summed E-state index contributed by atoms with van der Waals surface area (Å²) >= 11 is 0. The van der Waals surface area contributed by atoms with Crippen LogP contribution < -0.4 is 14.8 Å². The lowest BCUT2D eigenvalue weighted by atomic mass is 10.0. The Balaban J connectivity index is 2.37. The maximum atomic E-state index is 5.81. The number of fused-ring (bicyclic) bond motifs is 1. The third-order valence-corrected chi connectivity index (χ3v) is 2.76. The number of ether oxygens (including phenoxy) is 2. The summed E-state index contributed by atoms with van der Waals surface area (Å²) in [7, 11) is 1.67. The van der Waals surface area contributed by atoms with Gasteiger partial charge in [0.1, 0.15) is 6.10 Å². The van der Waals surface area contributed by atoms with Crippen LogP contribution >= 0.6 is 0 Å². The summed E-state index contributed by atoms with van der Waals surface area (Å²) < 4.78 is 11.1. The number of likely N-dealkylation sites (N-methyl/N-ethyl adjacent to an activating group) is 1. The minimum Gasteiger partial charge on any atom is -0.493 e. The van der Waals surface area contributed by atoms with Crippen LogP contribution in [-0.4, -0.2) is 19.8 Å². The lowest BCUT2D eigenvalue weighted by Crippen LogP contribution is -2.28. The fraction of sp³-hybridized carbons (Fsp3) is 0.500. The summed E-state index contributed by atoms with van der Waals surface area (Å²) in [6.45, 7) is 5.12. The van der Waals surface area contributed by atoms with Crippen LogP contribution in [0.1, 0.15) is 25.5 Å². The zero-order valence-electron chi connectivity index (χ0n) is 9.41. The van der Waals surface area contributed by atoms with Gasteiger partial charge in [-0.15, -0.1) is 0 Å². The van der Waals surface area contributed by atoms with Gasteiger partial charge < -0.3 is 14.8 Å². The smallest absolute Gasteiger partial charge is 0.166 e. The second-order valence-electron chi connectivity index (χ2n) is 3.74. The quantitative estimate of drug-likeness (QED) is 0.823. The molecule has 0 spiro atoms. The van der Waals surface area contributed by atoms with Crippen LogP contribution in [0.2, 0.25) is 0 Å². The Hall–Kier alpha value is -1.22. The summed E-state index contributed by atoms with van der Waals surface area (Å²) in [5.74, 6) is 1.71. The van der Waals surface area contributed by atoms with Crippen molar-refractivity contribution in [3.8, 4) is 11.5 Å². The molecule has 1 aromatic rings. The Bertz CT molecular complexity index is 351. The summed E-state index contributed by atoms with van der Waals surface area (Å²) in [4.78, 5) is 0. The van der Waals surface area contributed by atoms with Crippen molar-refractivity contribution in [3.63, 3.8) is 0 Å². The first-order valence-electron chi connectivity index (χ1n) is 5.34. The van der Waals surface area contributed by atoms with Gasteiger partial charge in [0.05, 0.1) is 13.2 Å². The molecule has 1 aliphatic heterocycles. The largest absolute Gasteiger partial charge is 0.493 e. The molecule has 82 valence electrons. The van der Waals surface area contributed by atoms with E-state index in [1.165, 1.54) is 5.56 Å². The molecule has 1 aromatic carbocycles. The second-order valence-corrected chi connectivity index (χ2v) is 3.74. The van der Waals surface area contributed by atoms with Crippen molar-refractivity contribution >= 4 is 0 Å². The molecule has 2 atom stereocenters. The predicted octanol–water partition coefficient (Wildman–Crippen LogP) is 2.13.